The van der Waals surface area contributed by atoms with Gasteiger partial charge in [0.1, 0.15) is 0 Å². The smallest absolute Gasteiger partial charge is 0.276 e. The molecule has 1 saturated heterocycles. The van der Waals surface area contributed by atoms with Crippen LogP contribution < -0.4 is 15.1 Å². The third-order valence-electron chi connectivity index (χ3n) is 4.70. The fourth-order valence-electron chi connectivity index (χ4n) is 3.34. The Labute approximate surface area is 166 Å². The van der Waals surface area contributed by atoms with Gasteiger partial charge in [-0.2, -0.15) is 0 Å². The first-order valence-electron chi connectivity index (χ1n) is 10.0. The van der Waals surface area contributed by atoms with Gasteiger partial charge in [-0.3, -0.25) is 4.79 Å². The molecular formula is C21H29N5O2. The van der Waals surface area contributed by atoms with E-state index in [1.54, 1.807) is 6.07 Å². The third kappa shape index (κ3) is 4.98. The molecule has 1 aromatic heterocycles. The summed E-state index contributed by atoms with van der Waals surface area (Å²) in [6.45, 7) is 9.16. The molecule has 1 fully saturated rings. The van der Waals surface area contributed by atoms with Crippen molar-refractivity contribution in [3.8, 4) is 0 Å². The van der Waals surface area contributed by atoms with E-state index in [0.717, 1.165) is 56.2 Å². The van der Waals surface area contributed by atoms with E-state index in [0.29, 0.717) is 18.9 Å². The standard InChI is InChI=1S/C21H29N5O2/c1-3-11-26(12-4-2)20-10-9-18(23-24-20)21(27)22-17-7-5-6-8-19(17)25-13-15-28-16-14-25/h5-10H,3-4,11-16H2,1-2H3,(H,22,27). The van der Waals surface area contributed by atoms with Crippen LogP contribution in [-0.2, 0) is 4.74 Å². The Balaban J connectivity index is 1.71. The van der Waals surface area contributed by atoms with Crippen molar-refractivity contribution >= 4 is 23.1 Å². The van der Waals surface area contributed by atoms with Gasteiger partial charge in [0.05, 0.1) is 24.6 Å². The van der Waals surface area contributed by atoms with Crippen molar-refractivity contribution in [2.24, 2.45) is 0 Å². The van der Waals surface area contributed by atoms with Crippen molar-refractivity contribution in [2.45, 2.75) is 26.7 Å². The molecule has 1 aromatic carbocycles. The molecule has 2 aromatic rings. The molecule has 1 amide bonds. The van der Waals surface area contributed by atoms with Crippen LogP contribution in [0.5, 0.6) is 0 Å². The topological polar surface area (TPSA) is 70.6 Å². The van der Waals surface area contributed by atoms with Crippen molar-refractivity contribution in [3.05, 3.63) is 42.1 Å². The van der Waals surface area contributed by atoms with E-state index in [9.17, 15) is 4.79 Å². The Bertz CT molecular complexity index is 754. The second-order valence-corrected chi connectivity index (χ2v) is 6.83. The molecule has 0 bridgehead atoms. The Morgan fingerprint density at radius 1 is 1.07 bits per heavy atom. The Morgan fingerprint density at radius 2 is 1.79 bits per heavy atom. The van der Waals surface area contributed by atoms with E-state index in [-0.39, 0.29) is 5.91 Å². The Morgan fingerprint density at radius 3 is 2.43 bits per heavy atom. The third-order valence-corrected chi connectivity index (χ3v) is 4.70. The first-order chi connectivity index (χ1) is 13.7. The minimum atomic E-state index is -0.253. The molecule has 0 radical (unpaired) electrons. The molecule has 150 valence electrons. The second-order valence-electron chi connectivity index (χ2n) is 6.83. The average Bonchev–Trinajstić information content (AvgIpc) is 2.75. The van der Waals surface area contributed by atoms with Crippen molar-refractivity contribution in [1.29, 1.82) is 0 Å². The summed E-state index contributed by atoms with van der Waals surface area (Å²) in [6, 6.07) is 11.4. The molecule has 0 saturated carbocycles. The summed E-state index contributed by atoms with van der Waals surface area (Å²) in [5.41, 5.74) is 2.09. The minimum Gasteiger partial charge on any atom is -0.378 e. The number of nitrogens with one attached hydrogen (secondary N) is 1. The monoisotopic (exact) mass is 383 g/mol. The molecule has 1 aliphatic rings. The summed E-state index contributed by atoms with van der Waals surface area (Å²) in [5, 5.41) is 11.4. The van der Waals surface area contributed by atoms with E-state index < -0.39 is 0 Å². The van der Waals surface area contributed by atoms with Crippen molar-refractivity contribution in [2.75, 3.05) is 54.5 Å². The van der Waals surface area contributed by atoms with Crippen LogP contribution in [0.4, 0.5) is 17.2 Å². The van der Waals surface area contributed by atoms with Crippen LogP contribution in [0.2, 0.25) is 0 Å². The minimum absolute atomic E-state index is 0.253. The summed E-state index contributed by atoms with van der Waals surface area (Å²) in [4.78, 5) is 17.1. The molecular weight excluding hydrogens is 354 g/mol. The number of anilines is 3. The molecule has 0 spiro atoms. The van der Waals surface area contributed by atoms with Gasteiger partial charge in [-0.25, -0.2) is 0 Å². The van der Waals surface area contributed by atoms with Crippen LogP contribution in [-0.4, -0.2) is 55.5 Å². The highest BCUT2D eigenvalue weighted by Crippen LogP contribution is 2.26. The van der Waals surface area contributed by atoms with Crippen molar-refractivity contribution in [1.82, 2.24) is 10.2 Å². The quantitative estimate of drug-likeness (QED) is 0.755. The maximum absolute atomic E-state index is 12.7. The molecule has 28 heavy (non-hydrogen) atoms. The van der Waals surface area contributed by atoms with Gasteiger partial charge in [-0.1, -0.05) is 26.0 Å². The molecule has 2 heterocycles. The van der Waals surface area contributed by atoms with Crippen molar-refractivity contribution in [3.63, 3.8) is 0 Å². The van der Waals surface area contributed by atoms with Crippen LogP contribution in [0.15, 0.2) is 36.4 Å². The van der Waals surface area contributed by atoms with Gasteiger partial charge in [0.15, 0.2) is 11.5 Å². The predicted octanol–water partition coefficient (Wildman–Crippen LogP) is 3.19. The lowest BCUT2D eigenvalue weighted by molar-refractivity contribution is 0.102. The average molecular weight is 383 g/mol. The largest absolute Gasteiger partial charge is 0.378 e. The number of aromatic nitrogens is 2. The highest BCUT2D eigenvalue weighted by molar-refractivity contribution is 6.04. The lowest BCUT2D eigenvalue weighted by Gasteiger charge is -2.30. The second kappa shape index (κ2) is 10.0. The van der Waals surface area contributed by atoms with Crippen LogP contribution >= 0.6 is 0 Å². The zero-order valence-electron chi connectivity index (χ0n) is 16.7. The van der Waals surface area contributed by atoms with E-state index in [2.05, 4.69) is 39.2 Å². The zero-order chi connectivity index (χ0) is 19.8. The summed E-state index contributed by atoms with van der Waals surface area (Å²) in [7, 11) is 0. The Kier molecular flexibility index (Phi) is 7.19. The predicted molar refractivity (Wildman–Crippen MR) is 112 cm³/mol. The van der Waals surface area contributed by atoms with Crippen LogP contribution in [0.25, 0.3) is 0 Å². The maximum Gasteiger partial charge on any atom is 0.276 e. The fourth-order valence-corrected chi connectivity index (χ4v) is 3.34. The Hall–Kier alpha value is -2.67. The number of ether oxygens (including phenoxy) is 1. The summed E-state index contributed by atoms with van der Waals surface area (Å²) >= 11 is 0. The molecule has 7 nitrogen and oxygen atoms in total. The van der Waals surface area contributed by atoms with Gasteiger partial charge in [-0.05, 0) is 37.1 Å². The van der Waals surface area contributed by atoms with Gasteiger partial charge in [0.2, 0.25) is 0 Å². The molecule has 0 aliphatic carbocycles. The molecule has 3 rings (SSSR count). The van der Waals surface area contributed by atoms with Crippen LogP contribution in [0.1, 0.15) is 37.2 Å². The highest BCUT2D eigenvalue weighted by Gasteiger charge is 2.17. The first-order valence-corrected chi connectivity index (χ1v) is 10.0. The van der Waals surface area contributed by atoms with Gasteiger partial charge in [0.25, 0.3) is 5.91 Å². The van der Waals surface area contributed by atoms with Gasteiger partial charge in [-0.15, -0.1) is 10.2 Å². The van der Waals surface area contributed by atoms with E-state index >= 15 is 0 Å². The fraction of sp³-hybridized carbons (Fsp3) is 0.476. The maximum atomic E-state index is 12.7. The molecule has 1 aliphatic heterocycles. The number of benzene rings is 1. The number of hydrogen-bond donors (Lipinski definition) is 1. The van der Waals surface area contributed by atoms with E-state index in [1.807, 2.05) is 30.3 Å². The van der Waals surface area contributed by atoms with Gasteiger partial charge in [0, 0.05) is 26.2 Å². The molecule has 0 atom stereocenters. The molecule has 7 heteroatoms. The summed E-state index contributed by atoms with van der Waals surface area (Å²) in [5.74, 6) is 0.561. The van der Waals surface area contributed by atoms with Crippen LogP contribution in [0, 0.1) is 0 Å². The van der Waals surface area contributed by atoms with Gasteiger partial charge >= 0.3 is 0 Å². The lowest BCUT2D eigenvalue weighted by atomic mass is 10.2. The lowest BCUT2D eigenvalue weighted by Crippen LogP contribution is -2.36. The van der Waals surface area contributed by atoms with E-state index in [4.69, 9.17) is 4.74 Å². The number of carbonyl (C=O) groups excluding carboxylic acids is 1. The van der Waals surface area contributed by atoms with Gasteiger partial charge < -0.3 is 19.9 Å². The number of hydrogen-bond acceptors (Lipinski definition) is 6. The number of nitrogens with zero attached hydrogens (tertiary/aromatic N) is 4. The van der Waals surface area contributed by atoms with E-state index in [1.165, 1.54) is 0 Å². The SMILES string of the molecule is CCCN(CCC)c1ccc(C(=O)Nc2ccccc2N2CCOCC2)nn1. The molecule has 1 N–H and O–H groups in total. The van der Waals surface area contributed by atoms with Crippen molar-refractivity contribution < 1.29 is 9.53 Å². The summed E-state index contributed by atoms with van der Waals surface area (Å²) in [6.07, 6.45) is 2.09. The number of morpholine rings is 1. The zero-order valence-corrected chi connectivity index (χ0v) is 16.7. The number of rotatable bonds is 8. The molecule has 0 unspecified atom stereocenters. The van der Waals surface area contributed by atoms with Crippen LogP contribution in [0.3, 0.4) is 0 Å². The number of carbonyl (C=O) groups is 1. The number of para-hydroxylation sites is 2. The first kappa shape index (κ1) is 20.1. The number of amides is 1. The normalized spacial score (nSPS) is 14.0. The summed E-state index contributed by atoms with van der Waals surface area (Å²) < 4.78 is 5.43. The highest BCUT2D eigenvalue weighted by atomic mass is 16.5.